The topological polar surface area (TPSA) is 79.4 Å². The van der Waals surface area contributed by atoms with Crippen LogP contribution in [0.3, 0.4) is 0 Å². The first kappa shape index (κ1) is 20.5. The lowest BCUT2D eigenvalue weighted by Gasteiger charge is -2.38. The van der Waals surface area contributed by atoms with E-state index in [0.29, 0.717) is 33.0 Å². The minimum atomic E-state index is -1.88. The Labute approximate surface area is 158 Å². The Kier molecular flexibility index (Phi) is 6.17. The Bertz CT molecular complexity index is 832. The zero-order valence-corrected chi connectivity index (χ0v) is 17.5. The van der Waals surface area contributed by atoms with E-state index in [0.717, 1.165) is 5.56 Å². The Morgan fingerprint density at radius 2 is 1.62 bits per heavy atom. The van der Waals surface area contributed by atoms with E-state index in [4.69, 9.17) is 5.73 Å². The minimum absolute atomic E-state index is 0.265. The maximum absolute atomic E-state index is 9.80. The Balaban J connectivity index is 2.75. The number of nitrogen functional groups attached to an aromatic ring is 1. The minimum Gasteiger partial charge on any atom is -0.423 e. The van der Waals surface area contributed by atoms with E-state index in [-0.39, 0.29) is 5.82 Å². The van der Waals surface area contributed by atoms with Gasteiger partial charge in [0.2, 0.25) is 0 Å². The average Bonchev–Trinajstić information content (AvgIpc) is 2.53. The summed E-state index contributed by atoms with van der Waals surface area (Å²) in [7, 11) is -3.50. The van der Waals surface area contributed by atoms with Crippen LogP contribution in [0, 0.1) is 11.5 Å². The van der Waals surface area contributed by atoms with Gasteiger partial charge >= 0.3 is 7.12 Å². The molecular weight excluding hydrogens is 339 g/mol. The molecule has 0 bridgehead atoms. The third kappa shape index (κ3) is 3.66. The molecule has 2 aromatic rings. The highest BCUT2D eigenvalue weighted by Gasteiger charge is 2.41. The molecule has 138 valence electrons. The van der Waals surface area contributed by atoms with Gasteiger partial charge in [0, 0.05) is 10.9 Å². The van der Waals surface area contributed by atoms with Crippen molar-refractivity contribution in [3.8, 4) is 11.5 Å². The van der Waals surface area contributed by atoms with Crippen molar-refractivity contribution in [1.82, 2.24) is 4.98 Å². The van der Waals surface area contributed by atoms with Crippen LogP contribution in [0.5, 0.6) is 0 Å². The first-order chi connectivity index (χ1) is 12.1. The molecule has 6 heteroatoms. The SMILES string of the molecule is CC(C)[Si](C#Cc1cccc2nc(N)cc(B(O)O)c12)(C(C)C)C(C)C. The standard InChI is InChI=1S/C20H29BN2O2Si/c1-13(2)26(14(3)4,15(5)6)11-10-16-8-7-9-18-20(16)17(21(24)25)12-19(22)23-18/h7-9,12-15,24-25H,1-6H3,(H2,22,23). The van der Waals surface area contributed by atoms with Crippen LogP contribution in [0.2, 0.25) is 16.6 Å². The van der Waals surface area contributed by atoms with Crippen molar-refractivity contribution in [3.63, 3.8) is 0 Å². The largest absolute Gasteiger partial charge is 0.489 e. The normalized spacial score (nSPS) is 12.0. The van der Waals surface area contributed by atoms with Crippen LogP contribution in [-0.4, -0.2) is 30.2 Å². The summed E-state index contributed by atoms with van der Waals surface area (Å²) in [6, 6.07) is 7.13. The van der Waals surface area contributed by atoms with Gasteiger partial charge in [-0.25, -0.2) is 4.98 Å². The van der Waals surface area contributed by atoms with Gasteiger partial charge in [0.25, 0.3) is 0 Å². The fourth-order valence-corrected chi connectivity index (χ4v) is 9.47. The van der Waals surface area contributed by atoms with Gasteiger partial charge < -0.3 is 15.8 Å². The number of hydrogen-bond donors (Lipinski definition) is 3. The fourth-order valence-electron chi connectivity index (χ4n) is 4.26. The highest BCUT2D eigenvalue weighted by molar-refractivity contribution is 6.90. The number of nitrogens with zero attached hydrogens (tertiary/aromatic N) is 1. The number of hydrogen-bond acceptors (Lipinski definition) is 4. The van der Waals surface area contributed by atoms with Gasteiger partial charge in [-0.05, 0) is 40.3 Å². The van der Waals surface area contributed by atoms with E-state index in [1.807, 2.05) is 18.2 Å². The molecule has 0 aliphatic heterocycles. The second-order valence-electron chi connectivity index (χ2n) is 7.86. The van der Waals surface area contributed by atoms with Crippen molar-refractivity contribution in [2.75, 3.05) is 5.73 Å². The summed E-state index contributed by atoms with van der Waals surface area (Å²) in [5, 5.41) is 20.3. The quantitative estimate of drug-likeness (QED) is 0.572. The van der Waals surface area contributed by atoms with Gasteiger partial charge in [-0.2, -0.15) is 0 Å². The van der Waals surface area contributed by atoms with Crippen molar-refractivity contribution >= 4 is 37.4 Å². The first-order valence-corrected chi connectivity index (χ1v) is 11.4. The van der Waals surface area contributed by atoms with E-state index in [1.165, 1.54) is 6.07 Å². The molecule has 2 rings (SSSR count). The molecule has 1 aromatic heterocycles. The molecule has 0 fully saturated rings. The smallest absolute Gasteiger partial charge is 0.423 e. The molecular formula is C20H29BN2O2Si. The maximum Gasteiger partial charge on any atom is 0.489 e. The zero-order chi connectivity index (χ0) is 19.6. The number of anilines is 1. The highest BCUT2D eigenvalue weighted by Crippen LogP contribution is 2.40. The number of rotatable bonds is 4. The van der Waals surface area contributed by atoms with Crippen LogP contribution in [0.4, 0.5) is 5.82 Å². The van der Waals surface area contributed by atoms with Gasteiger partial charge in [-0.3, -0.25) is 0 Å². The van der Waals surface area contributed by atoms with Crippen LogP contribution in [0.1, 0.15) is 47.1 Å². The molecule has 0 amide bonds. The molecule has 1 heterocycles. The van der Waals surface area contributed by atoms with Gasteiger partial charge in [0.15, 0.2) is 0 Å². The van der Waals surface area contributed by atoms with Crippen LogP contribution >= 0.6 is 0 Å². The lowest BCUT2D eigenvalue weighted by Crippen LogP contribution is -2.43. The van der Waals surface area contributed by atoms with Gasteiger partial charge in [0.1, 0.15) is 13.9 Å². The van der Waals surface area contributed by atoms with Crippen molar-refractivity contribution in [2.45, 2.75) is 58.2 Å². The summed E-state index contributed by atoms with van der Waals surface area (Å²) in [6.07, 6.45) is 0. The average molecular weight is 368 g/mol. The molecule has 0 saturated heterocycles. The first-order valence-electron chi connectivity index (χ1n) is 9.19. The maximum atomic E-state index is 9.80. The summed E-state index contributed by atoms with van der Waals surface area (Å²) in [5.74, 6) is 3.66. The van der Waals surface area contributed by atoms with Gasteiger partial charge in [-0.1, -0.05) is 53.5 Å². The number of nitrogens with two attached hydrogens (primary N) is 1. The van der Waals surface area contributed by atoms with Crippen molar-refractivity contribution < 1.29 is 10.0 Å². The molecule has 0 radical (unpaired) electrons. The van der Waals surface area contributed by atoms with Crippen molar-refractivity contribution in [1.29, 1.82) is 0 Å². The Morgan fingerprint density at radius 3 is 2.12 bits per heavy atom. The molecule has 4 N–H and O–H groups in total. The zero-order valence-electron chi connectivity index (χ0n) is 16.5. The number of aromatic nitrogens is 1. The molecule has 0 spiro atoms. The van der Waals surface area contributed by atoms with E-state index in [9.17, 15) is 10.0 Å². The van der Waals surface area contributed by atoms with Crippen LogP contribution in [-0.2, 0) is 0 Å². The molecule has 4 nitrogen and oxygen atoms in total. The monoisotopic (exact) mass is 368 g/mol. The number of pyridine rings is 1. The predicted molar refractivity (Wildman–Crippen MR) is 114 cm³/mol. The van der Waals surface area contributed by atoms with E-state index in [2.05, 4.69) is 58.0 Å². The number of fused-ring (bicyclic) bond motifs is 1. The van der Waals surface area contributed by atoms with Crippen molar-refractivity contribution in [3.05, 3.63) is 29.8 Å². The second-order valence-corrected chi connectivity index (χ2v) is 13.4. The third-order valence-corrected chi connectivity index (χ3v) is 11.7. The Morgan fingerprint density at radius 1 is 1.04 bits per heavy atom. The van der Waals surface area contributed by atoms with Crippen molar-refractivity contribution in [2.24, 2.45) is 0 Å². The van der Waals surface area contributed by atoms with Crippen LogP contribution in [0.25, 0.3) is 10.9 Å². The van der Waals surface area contributed by atoms with Crippen LogP contribution < -0.4 is 11.2 Å². The van der Waals surface area contributed by atoms with E-state index in [1.54, 1.807) is 0 Å². The molecule has 0 aliphatic rings. The molecule has 26 heavy (non-hydrogen) atoms. The van der Waals surface area contributed by atoms with Gasteiger partial charge in [0.05, 0.1) is 5.52 Å². The molecule has 0 unspecified atom stereocenters. The van der Waals surface area contributed by atoms with E-state index >= 15 is 0 Å². The molecule has 0 saturated carbocycles. The predicted octanol–water partition coefficient (Wildman–Crippen LogP) is 3.07. The summed E-state index contributed by atoms with van der Waals surface area (Å²) in [6.45, 7) is 13.6. The van der Waals surface area contributed by atoms with Gasteiger partial charge in [-0.15, -0.1) is 5.54 Å². The van der Waals surface area contributed by atoms with Crippen LogP contribution in [0.15, 0.2) is 24.3 Å². The molecule has 0 aliphatic carbocycles. The summed E-state index contributed by atoms with van der Waals surface area (Å²) >= 11 is 0. The number of benzene rings is 1. The third-order valence-electron chi connectivity index (χ3n) is 5.44. The summed E-state index contributed by atoms with van der Waals surface area (Å²) in [5.41, 5.74) is 12.8. The summed E-state index contributed by atoms with van der Waals surface area (Å²) in [4.78, 5) is 4.33. The molecule has 0 atom stereocenters. The van der Waals surface area contributed by atoms with E-state index < -0.39 is 15.2 Å². The second kappa shape index (κ2) is 7.83. The Hall–Kier alpha value is -1.81. The lowest BCUT2D eigenvalue weighted by atomic mass is 9.77. The summed E-state index contributed by atoms with van der Waals surface area (Å²) < 4.78 is 0. The highest BCUT2D eigenvalue weighted by atomic mass is 28.3. The molecule has 1 aromatic carbocycles. The lowest BCUT2D eigenvalue weighted by molar-refractivity contribution is 0.426. The fraction of sp³-hybridized carbons (Fsp3) is 0.450.